The summed E-state index contributed by atoms with van der Waals surface area (Å²) in [6, 6.07) is 23.7. The Morgan fingerprint density at radius 3 is 1.86 bits per heavy atom. The summed E-state index contributed by atoms with van der Waals surface area (Å²) in [6.45, 7) is 11.3. The Balaban J connectivity index is 0.00000163. The Bertz CT molecular complexity index is 1170. The highest BCUT2D eigenvalue weighted by molar-refractivity contribution is 7.79. The smallest absolute Gasteiger partial charge is 0.234 e. The molecule has 3 aromatic carbocycles. The van der Waals surface area contributed by atoms with Gasteiger partial charge in [0.15, 0.2) is 0 Å². The third-order valence-electron chi connectivity index (χ3n) is 5.48. The van der Waals surface area contributed by atoms with Gasteiger partial charge in [0.2, 0.25) is 6.41 Å². The zero-order valence-corrected chi connectivity index (χ0v) is 23.5. The monoisotopic (exact) mass is 518 g/mol. The summed E-state index contributed by atoms with van der Waals surface area (Å²) in [6.07, 6.45) is 6.39. The van der Waals surface area contributed by atoms with Gasteiger partial charge in [-0.2, -0.15) is 17.7 Å². The van der Waals surface area contributed by atoms with Gasteiger partial charge in [-0.15, -0.1) is 0 Å². The van der Waals surface area contributed by atoms with Gasteiger partial charge in [-0.1, -0.05) is 62.9 Å². The second-order valence-corrected chi connectivity index (χ2v) is 8.01. The molecule has 5 nitrogen and oxygen atoms in total. The molecular weight excluding hydrogens is 478 g/mol. The van der Waals surface area contributed by atoms with Crippen molar-refractivity contribution in [1.29, 1.82) is 0 Å². The molecule has 0 aromatic heterocycles. The second-order valence-electron chi connectivity index (χ2n) is 8.01. The van der Waals surface area contributed by atoms with Crippen LogP contribution in [0, 0.1) is 0 Å². The number of thiol groups is 1. The predicted molar refractivity (Wildman–Crippen MR) is 163 cm³/mol. The summed E-state index contributed by atoms with van der Waals surface area (Å²) in [4.78, 5) is 11.6. The number of aryl methyl sites for hydroxylation is 2. The summed E-state index contributed by atoms with van der Waals surface area (Å²) in [5, 5.41) is 15.2. The Kier molecular flexibility index (Phi) is 14.4. The average Bonchev–Trinajstić information content (AvgIpc) is 2.94. The SMILES string of the molecule is C=C(O)c1ccc(N(C=O)/N=C(C)\C(C)=C\c2ccc(CCc3ccc([NH3+])cc3)cc2)cc1.CC.CS. The van der Waals surface area contributed by atoms with Crippen LogP contribution in [0.3, 0.4) is 0 Å². The largest absolute Gasteiger partial charge is 0.508 e. The van der Waals surface area contributed by atoms with E-state index in [2.05, 4.69) is 72.5 Å². The number of allylic oxidation sites excluding steroid dienone is 1. The van der Waals surface area contributed by atoms with Crippen LogP contribution in [0.25, 0.3) is 11.8 Å². The summed E-state index contributed by atoms with van der Waals surface area (Å²) in [5.41, 5.74) is 11.5. The number of amides is 1. The summed E-state index contributed by atoms with van der Waals surface area (Å²) in [5.74, 6) is -0.0172. The van der Waals surface area contributed by atoms with Crippen molar-refractivity contribution in [3.8, 4) is 0 Å². The quantitative estimate of drug-likeness (QED) is 0.0948. The Morgan fingerprint density at radius 1 is 0.919 bits per heavy atom. The summed E-state index contributed by atoms with van der Waals surface area (Å²) >= 11 is 3.53. The fourth-order valence-electron chi connectivity index (χ4n) is 3.32. The highest BCUT2D eigenvalue weighted by Gasteiger charge is 2.07. The average molecular weight is 519 g/mol. The molecule has 1 amide bonds. The molecule has 3 rings (SSSR count). The van der Waals surface area contributed by atoms with Crippen LogP contribution in [-0.4, -0.2) is 23.5 Å². The van der Waals surface area contributed by atoms with Crippen molar-refractivity contribution in [1.82, 2.24) is 0 Å². The zero-order chi connectivity index (χ0) is 27.8. The van der Waals surface area contributed by atoms with Crippen molar-refractivity contribution in [2.75, 3.05) is 11.3 Å². The Hall–Kier alpha value is -3.61. The first-order chi connectivity index (χ1) is 17.9. The van der Waals surface area contributed by atoms with E-state index in [1.807, 2.05) is 39.8 Å². The molecule has 0 heterocycles. The highest BCUT2D eigenvalue weighted by atomic mass is 32.1. The van der Waals surface area contributed by atoms with Gasteiger partial charge in [-0.05, 0) is 91.6 Å². The van der Waals surface area contributed by atoms with Crippen molar-refractivity contribution in [3.63, 3.8) is 0 Å². The molecule has 0 aliphatic carbocycles. The standard InChI is InChI=1S/C28H29N3O2.C2H6.CH4S/c1-20(21(2)30-31(19-32)28-16-12-26(13-17-28)22(3)33)18-25-8-6-23(7-9-25)4-5-24-10-14-27(29)15-11-24;2*1-2/h6-19,33H,3-5,29H2,1-2H3;1-2H3;2H,1H3/p+1/b20-18+,30-21-;;. The van der Waals surface area contributed by atoms with Crippen molar-refractivity contribution >= 4 is 48.0 Å². The van der Waals surface area contributed by atoms with Crippen LogP contribution in [0.15, 0.2) is 90.0 Å². The van der Waals surface area contributed by atoms with Gasteiger partial charge in [-0.3, -0.25) is 4.79 Å². The van der Waals surface area contributed by atoms with Crippen LogP contribution >= 0.6 is 12.6 Å². The highest BCUT2D eigenvalue weighted by Crippen LogP contribution is 2.19. The van der Waals surface area contributed by atoms with E-state index < -0.39 is 0 Å². The van der Waals surface area contributed by atoms with E-state index in [0.717, 1.165) is 35.4 Å². The van der Waals surface area contributed by atoms with E-state index >= 15 is 0 Å². The lowest BCUT2D eigenvalue weighted by atomic mass is 10.0. The molecule has 6 heteroatoms. The molecule has 0 unspecified atom stereocenters. The number of rotatable bonds is 9. The first kappa shape index (κ1) is 31.4. The minimum Gasteiger partial charge on any atom is -0.508 e. The van der Waals surface area contributed by atoms with Crippen molar-refractivity contribution in [3.05, 3.63) is 107 Å². The van der Waals surface area contributed by atoms with E-state index in [4.69, 9.17) is 0 Å². The van der Waals surface area contributed by atoms with E-state index in [1.54, 1.807) is 30.5 Å². The van der Waals surface area contributed by atoms with Crippen LogP contribution < -0.4 is 10.7 Å². The fraction of sp³-hybridized carbons (Fsp3) is 0.226. The van der Waals surface area contributed by atoms with Crippen LogP contribution in [0.2, 0.25) is 0 Å². The minimum absolute atomic E-state index is 0.0172. The minimum atomic E-state index is -0.0172. The van der Waals surface area contributed by atoms with Gasteiger partial charge in [0, 0.05) is 5.56 Å². The normalized spacial score (nSPS) is 10.9. The topological polar surface area (TPSA) is 80.5 Å². The van der Waals surface area contributed by atoms with Crippen LogP contribution in [-0.2, 0) is 17.6 Å². The van der Waals surface area contributed by atoms with Crippen LogP contribution in [0.1, 0.15) is 49.9 Å². The van der Waals surface area contributed by atoms with Gasteiger partial charge in [0.05, 0.1) is 11.4 Å². The van der Waals surface area contributed by atoms with Crippen molar-refractivity contribution in [2.45, 2.75) is 40.5 Å². The lowest BCUT2D eigenvalue weighted by Gasteiger charge is -2.13. The molecule has 0 saturated heterocycles. The zero-order valence-electron chi connectivity index (χ0n) is 22.6. The molecule has 0 bridgehead atoms. The summed E-state index contributed by atoms with van der Waals surface area (Å²) < 4.78 is 0. The van der Waals surface area contributed by atoms with Gasteiger partial charge in [0.1, 0.15) is 11.4 Å². The molecule has 0 aliphatic heterocycles. The molecule has 0 atom stereocenters. The number of aliphatic hydroxyl groups is 1. The number of aliphatic hydroxyl groups excluding tert-OH is 1. The number of hydrogen-bond donors (Lipinski definition) is 3. The number of anilines is 1. The van der Waals surface area contributed by atoms with E-state index in [1.165, 1.54) is 16.1 Å². The molecule has 0 fully saturated rings. The first-order valence-electron chi connectivity index (χ1n) is 12.3. The number of hydrazone groups is 1. The number of hydrogen-bond acceptors (Lipinski definition) is 4. The maximum absolute atomic E-state index is 11.6. The maximum Gasteiger partial charge on any atom is 0.234 e. The molecular formula is C31H40N3O2S+. The number of carbonyl (C=O) groups is 1. The number of benzene rings is 3. The molecule has 0 aliphatic rings. The van der Waals surface area contributed by atoms with Gasteiger partial charge >= 0.3 is 0 Å². The molecule has 4 N–H and O–H groups in total. The van der Waals surface area contributed by atoms with Gasteiger partial charge < -0.3 is 10.8 Å². The Morgan fingerprint density at radius 2 is 1.41 bits per heavy atom. The molecule has 3 aromatic rings. The van der Waals surface area contributed by atoms with E-state index in [9.17, 15) is 9.90 Å². The first-order valence-corrected chi connectivity index (χ1v) is 13.2. The van der Waals surface area contributed by atoms with Gasteiger partial charge in [0.25, 0.3) is 0 Å². The molecule has 196 valence electrons. The second kappa shape index (κ2) is 17.0. The van der Waals surface area contributed by atoms with Crippen molar-refractivity contribution in [2.24, 2.45) is 5.10 Å². The lowest BCUT2D eigenvalue weighted by molar-refractivity contribution is -0.254. The Labute approximate surface area is 227 Å². The van der Waals surface area contributed by atoms with Crippen LogP contribution in [0.4, 0.5) is 11.4 Å². The molecule has 0 saturated carbocycles. The summed E-state index contributed by atoms with van der Waals surface area (Å²) in [7, 11) is 0. The molecule has 37 heavy (non-hydrogen) atoms. The third kappa shape index (κ3) is 10.5. The maximum atomic E-state index is 11.6. The number of quaternary nitrogens is 1. The third-order valence-corrected chi connectivity index (χ3v) is 5.48. The van der Waals surface area contributed by atoms with Crippen molar-refractivity contribution < 1.29 is 15.6 Å². The van der Waals surface area contributed by atoms with Gasteiger partial charge in [-0.25, -0.2) is 5.01 Å². The predicted octanol–water partition coefficient (Wildman–Crippen LogP) is 6.89. The number of carbonyl (C=O) groups excluding carboxylic acids is 1. The lowest BCUT2D eigenvalue weighted by Crippen LogP contribution is -2.39. The fourth-order valence-corrected chi connectivity index (χ4v) is 3.32. The number of nitrogens with zero attached hydrogens (tertiary/aromatic N) is 2. The van der Waals surface area contributed by atoms with Crippen LogP contribution in [0.5, 0.6) is 0 Å². The van der Waals surface area contributed by atoms with E-state index in [0.29, 0.717) is 17.7 Å². The molecule has 0 spiro atoms. The molecule has 0 radical (unpaired) electrons. The van der Waals surface area contributed by atoms with E-state index in [-0.39, 0.29) is 5.76 Å².